The number of nitrogens with one attached hydrogen (secondary N) is 1. The third-order valence-corrected chi connectivity index (χ3v) is 3.80. The fourth-order valence-electron chi connectivity index (χ4n) is 2.48. The monoisotopic (exact) mass is 305 g/mol. The van der Waals surface area contributed by atoms with Crippen LogP contribution in [0.15, 0.2) is 42.5 Å². The molecule has 0 aliphatic heterocycles. The van der Waals surface area contributed by atoms with Crippen molar-refractivity contribution < 1.29 is 4.39 Å². The van der Waals surface area contributed by atoms with Gasteiger partial charge in [-0.25, -0.2) is 4.39 Å². The predicted molar refractivity (Wildman–Crippen MR) is 87.5 cm³/mol. The van der Waals surface area contributed by atoms with Gasteiger partial charge in [0, 0.05) is 11.1 Å². The molecule has 112 valence electrons. The first-order valence-corrected chi connectivity index (χ1v) is 7.69. The lowest BCUT2D eigenvalue weighted by molar-refractivity contribution is 0.506. The Bertz CT molecular complexity index is 580. The summed E-state index contributed by atoms with van der Waals surface area (Å²) in [5.74, 6) is -0.189. The van der Waals surface area contributed by atoms with E-state index in [-0.39, 0.29) is 11.9 Å². The van der Waals surface area contributed by atoms with E-state index in [1.165, 1.54) is 17.2 Å². The summed E-state index contributed by atoms with van der Waals surface area (Å²) in [5.41, 5.74) is 3.18. The van der Waals surface area contributed by atoms with Crippen LogP contribution in [0.25, 0.3) is 0 Å². The molecule has 0 fully saturated rings. The molecule has 1 N–H and O–H groups in total. The van der Waals surface area contributed by atoms with Crippen LogP contribution < -0.4 is 5.32 Å². The van der Waals surface area contributed by atoms with E-state index in [0.717, 1.165) is 13.0 Å². The van der Waals surface area contributed by atoms with Crippen LogP contribution in [0.2, 0.25) is 5.02 Å². The third kappa shape index (κ3) is 4.83. The van der Waals surface area contributed by atoms with E-state index >= 15 is 0 Å². The highest BCUT2D eigenvalue weighted by Crippen LogP contribution is 2.18. The Morgan fingerprint density at radius 1 is 1.10 bits per heavy atom. The van der Waals surface area contributed by atoms with Crippen molar-refractivity contribution in [2.45, 2.75) is 32.7 Å². The maximum atomic E-state index is 13.9. The van der Waals surface area contributed by atoms with Crippen molar-refractivity contribution in [1.29, 1.82) is 0 Å². The Balaban J connectivity index is 2.11. The molecule has 0 amide bonds. The first kappa shape index (κ1) is 16.0. The molecule has 0 aromatic heterocycles. The summed E-state index contributed by atoms with van der Waals surface area (Å²) in [6.07, 6.45) is 1.51. The highest BCUT2D eigenvalue weighted by molar-refractivity contribution is 6.30. The zero-order valence-electron chi connectivity index (χ0n) is 12.5. The molecule has 0 saturated heterocycles. The molecule has 2 rings (SSSR count). The lowest BCUT2D eigenvalue weighted by Crippen LogP contribution is -2.33. The smallest absolute Gasteiger partial charge is 0.126 e. The van der Waals surface area contributed by atoms with E-state index in [4.69, 9.17) is 11.6 Å². The largest absolute Gasteiger partial charge is 0.314 e. The van der Waals surface area contributed by atoms with Crippen molar-refractivity contribution in [2.24, 2.45) is 0 Å². The molecule has 2 aromatic rings. The van der Waals surface area contributed by atoms with Crippen LogP contribution >= 0.6 is 11.6 Å². The number of benzene rings is 2. The molecule has 1 atom stereocenters. The molecule has 0 radical (unpaired) electrons. The molecule has 21 heavy (non-hydrogen) atoms. The average Bonchev–Trinajstić information content (AvgIpc) is 2.45. The molecule has 0 saturated carbocycles. The Kier molecular flexibility index (Phi) is 5.77. The predicted octanol–water partition coefficient (Wildman–Crippen LogP) is 4.55. The highest BCUT2D eigenvalue weighted by atomic mass is 35.5. The fourth-order valence-corrected chi connectivity index (χ4v) is 2.67. The summed E-state index contributed by atoms with van der Waals surface area (Å²) in [7, 11) is 0. The van der Waals surface area contributed by atoms with Gasteiger partial charge in [-0.15, -0.1) is 0 Å². The zero-order chi connectivity index (χ0) is 15.2. The van der Waals surface area contributed by atoms with Gasteiger partial charge >= 0.3 is 0 Å². The molecular formula is C18H21ClFN. The SMILES string of the molecule is CCNC(Cc1ccc(C)cc1)Cc1cc(Cl)ccc1F. The van der Waals surface area contributed by atoms with Gasteiger partial charge in [0.1, 0.15) is 5.82 Å². The molecular weight excluding hydrogens is 285 g/mol. The van der Waals surface area contributed by atoms with Gasteiger partial charge in [0.25, 0.3) is 0 Å². The van der Waals surface area contributed by atoms with Crippen LogP contribution in [0.5, 0.6) is 0 Å². The minimum absolute atomic E-state index is 0.189. The number of likely N-dealkylation sites (N-methyl/N-ethyl adjacent to an activating group) is 1. The topological polar surface area (TPSA) is 12.0 Å². The second-order valence-corrected chi connectivity index (χ2v) is 5.82. The Morgan fingerprint density at radius 2 is 1.81 bits per heavy atom. The highest BCUT2D eigenvalue weighted by Gasteiger charge is 2.13. The molecule has 0 aliphatic carbocycles. The number of aryl methyl sites for hydroxylation is 1. The van der Waals surface area contributed by atoms with Gasteiger partial charge in [-0.1, -0.05) is 48.4 Å². The molecule has 3 heteroatoms. The van der Waals surface area contributed by atoms with Crippen molar-refractivity contribution in [1.82, 2.24) is 5.32 Å². The first-order chi connectivity index (χ1) is 10.1. The Hall–Kier alpha value is -1.38. The van der Waals surface area contributed by atoms with Gasteiger partial charge in [-0.2, -0.15) is 0 Å². The van der Waals surface area contributed by atoms with Gasteiger partial charge < -0.3 is 5.32 Å². The summed E-state index contributed by atoms with van der Waals surface area (Å²) in [6.45, 7) is 5.00. The Morgan fingerprint density at radius 3 is 2.48 bits per heavy atom. The van der Waals surface area contributed by atoms with Crippen molar-refractivity contribution in [3.63, 3.8) is 0 Å². The van der Waals surface area contributed by atoms with Gasteiger partial charge in [0.2, 0.25) is 0 Å². The minimum Gasteiger partial charge on any atom is -0.314 e. The lowest BCUT2D eigenvalue weighted by atomic mass is 9.98. The van der Waals surface area contributed by atoms with Gasteiger partial charge in [0.05, 0.1) is 0 Å². The van der Waals surface area contributed by atoms with Crippen molar-refractivity contribution in [3.8, 4) is 0 Å². The van der Waals surface area contributed by atoms with Gasteiger partial charge in [-0.05, 0) is 55.6 Å². The van der Waals surface area contributed by atoms with Crippen LogP contribution in [0, 0.1) is 12.7 Å². The van der Waals surface area contributed by atoms with E-state index < -0.39 is 0 Å². The average molecular weight is 306 g/mol. The summed E-state index contributed by atoms with van der Waals surface area (Å²) < 4.78 is 13.9. The standard InChI is InChI=1S/C18H21ClFN/c1-3-21-17(10-14-6-4-13(2)5-7-14)12-15-11-16(19)8-9-18(15)20/h4-9,11,17,21H,3,10,12H2,1-2H3. The minimum atomic E-state index is -0.189. The number of hydrogen-bond donors (Lipinski definition) is 1. The van der Waals surface area contributed by atoms with E-state index in [0.29, 0.717) is 17.0 Å². The summed E-state index contributed by atoms with van der Waals surface area (Å²) >= 11 is 5.97. The summed E-state index contributed by atoms with van der Waals surface area (Å²) in [5, 5.41) is 4.01. The first-order valence-electron chi connectivity index (χ1n) is 7.31. The zero-order valence-corrected chi connectivity index (χ0v) is 13.3. The summed E-state index contributed by atoms with van der Waals surface area (Å²) in [4.78, 5) is 0. The van der Waals surface area contributed by atoms with Crippen LogP contribution in [0.1, 0.15) is 23.6 Å². The second kappa shape index (κ2) is 7.58. The van der Waals surface area contributed by atoms with E-state index in [9.17, 15) is 4.39 Å². The quantitative estimate of drug-likeness (QED) is 0.825. The number of rotatable bonds is 6. The second-order valence-electron chi connectivity index (χ2n) is 5.38. The van der Waals surface area contributed by atoms with Crippen LogP contribution in [-0.2, 0) is 12.8 Å². The maximum Gasteiger partial charge on any atom is 0.126 e. The van der Waals surface area contributed by atoms with Crippen molar-refractivity contribution in [3.05, 3.63) is 70.0 Å². The molecule has 0 bridgehead atoms. The Labute approximate surface area is 131 Å². The van der Waals surface area contributed by atoms with Crippen molar-refractivity contribution in [2.75, 3.05) is 6.54 Å². The molecule has 0 spiro atoms. The lowest BCUT2D eigenvalue weighted by Gasteiger charge is -2.19. The number of halogens is 2. The van der Waals surface area contributed by atoms with Crippen LogP contribution in [0.3, 0.4) is 0 Å². The van der Waals surface area contributed by atoms with E-state index in [1.54, 1.807) is 12.1 Å². The van der Waals surface area contributed by atoms with Crippen molar-refractivity contribution >= 4 is 11.6 Å². The normalized spacial score (nSPS) is 12.4. The van der Waals surface area contributed by atoms with Gasteiger partial charge in [0.15, 0.2) is 0 Å². The van der Waals surface area contributed by atoms with Crippen LogP contribution in [-0.4, -0.2) is 12.6 Å². The molecule has 1 unspecified atom stereocenters. The molecule has 1 nitrogen and oxygen atoms in total. The van der Waals surface area contributed by atoms with E-state index in [2.05, 4.69) is 43.4 Å². The molecule has 0 heterocycles. The van der Waals surface area contributed by atoms with Crippen LogP contribution in [0.4, 0.5) is 4.39 Å². The summed E-state index contributed by atoms with van der Waals surface area (Å²) in [6, 6.07) is 13.4. The van der Waals surface area contributed by atoms with E-state index in [1.807, 2.05) is 0 Å². The fraction of sp³-hybridized carbons (Fsp3) is 0.333. The van der Waals surface area contributed by atoms with Gasteiger partial charge in [-0.3, -0.25) is 0 Å². The number of hydrogen-bond acceptors (Lipinski definition) is 1. The molecule has 2 aromatic carbocycles. The molecule has 0 aliphatic rings. The third-order valence-electron chi connectivity index (χ3n) is 3.57. The maximum absolute atomic E-state index is 13.9.